The van der Waals surface area contributed by atoms with Crippen molar-refractivity contribution in [3.05, 3.63) is 53.0 Å². The second-order valence-electron chi connectivity index (χ2n) is 4.98. The lowest BCUT2D eigenvalue weighted by atomic mass is 10.2. The summed E-state index contributed by atoms with van der Waals surface area (Å²) >= 11 is 1.50. The van der Waals surface area contributed by atoms with Crippen molar-refractivity contribution >= 4 is 17.3 Å². The minimum atomic E-state index is -2.99. The van der Waals surface area contributed by atoms with Crippen LogP contribution in [0.3, 0.4) is 0 Å². The van der Waals surface area contributed by atoms with Crippen LogP contribution in [0.25, 0.3) is 10.6 Å². The highest BCUT2D eigenvalue weighted by molar-refractivity contribution is 7.13. The quantitative estimate of drug-likeness (QED) is 0.566. The summed E-state index contributed by atoms with van der Waals surface area (Å²) in [5.74, 6) is -0.244. The van der Waals surface area contributed by atoms with E-state index in [1.54, 1.807) is 6.07 Å². The first-order chi connectivity index (χ1) is 12.6. The van der Waals surface area contributed by atoms with Gasteiger partial charge in [-0.2, -0.15) is 8.78 Å². The van der Waals surface area contributed by atoms with Crippen LogP contribution >= 0.6 is 11.3 Å². The van der Waals surface area contributed by atoms with Crippen molar-refractivity contribution in [2.75, 3.05) is 7.11 Å². The van der Waals surface area contributed by atoms with Gasteiger partial charge in [-0.15, -0.1) is 11.3 Å². The molecule has 0 saturated carbocycles. The third-order valence-corrected chi connectivity index (χ3v) is 4.17. The lowest BCUT2D eigenvalue weighted by molar-refractivity contribution is -0.0512. The number of alkyl halides is 2. The molecule has 0 amide bonds. The van der Waals surface area contributed by atoms with Gasteiger partial charge in [-0.3, -0.25) is 0 Å². The first-order valence-corrected chi connectivity index (χ1v) is 8.24. The summed E-state index contributed by atoms with van der Waals surface area (Å²) in [6.45, 7) is -3.09. The Hall–Kier alpha value is -2.94. The minimum absolute atomic E-state index is 0.00108. The average molecular weight is 381 g/mol. The van der Waals surface area contributed by atoms with E-state index in [0.717, 1.165) is 4.88 Å². The molecule has 2 aromatic heterocycles. The Bertz CT molecular complexity index is 879. The van der Waals surface area contributed by atoms with Crippen molar-refractivity contribution in [3.63, 3.8) is 0 Å². The van der Waals surface area contributed by atoms with Gasteiger partial charge in [0.15, 0.2) is 17.3 Å². The Labute approximate surface area is 150 Å². The minimum Gasteiger partial charge on any atom is -0.493 e. The van der Waals surface area contributed by atoms with Gasteiger partial charge in [0.2, 0.25) is 0 Å². The highest BCUT2D eigenvalue weighted by Gasteiger charge is 2.16. The number of halogens is 2. The largest absolute Gasteiger partial charge is 0.493 e. The van der Waals surface area contributed by atoms with E-state index < -0.39 is 12.6 Å². The lowest BCUT2D eigenvalue weighted by Gasteiger charge is -2.11. The van der Waals surface area contributed by atoms with Crippen molar-refractivity contribution in [1.29, 1.82) is 0 Å². The molecule has 0 atom stereocenters. The fourth-order valence-electron chi connectivity index (χ4n) is 2.13. The monoisotopic (exact) mass is 381 g/mol. The molecule has 9 heteroatoms. The van der Waals surface area contributed by atoms with Gasteiger partial charge < -0.3 is 18.7 Å². The second kappa shape index (κ2) is 7.96. The van der Waals surface area contributed by atoms with E-state index in [4.69, 9.17) is 14.0 Å². The highest BCUT2D eigenvalue weighted by atomic mass is 32.1. The number of aromatic nitrogens is 1. The van der Waals surface area contributed by atoms with Crippen LogP contribution in [0.15, 0.2) is 46.3 Å². The molecule has 3 rings (SSSR count). The van der Waals surface area contributed by atoms with Gasteiger partial charge in [-0.25, -0.2) is 4.79 Å². The summed E-state index contributed by atoms with van der Waals surface area (Å²) in [6.07, 6.45) is 0. The molecular weight excluding hydrogens is 368 g/mol. The number of carbonyl (C=O) groups is 1. The molecule has 2 heterocycles. The predicted molar refractivity (Wildman–Crippen MR) is 88.6 cm³/mol. The normalized spacial score (nSPS) is 10.8. The van der Waals surface area contributed by atoms with E-state index in [-0.39, 0.29) is 23.7 Å². The van der Waals surface area contributed by atoms with E-state index in [9.17, 15) is 13.6 Å². The Balaban J connectivity index is 1.65. The molecule has 1 aromatic carbocycles. The SMILES string of the molecule is COc1cc(C(=O)OCc2cc(-c3cccs3)on2)ccc1OC(F)F. The molecule has 0 saturated heterocycles. The van der Waals surface area contributed by atoms with Crippen LogP contribution in [-0.2, 0) is 11.3 Å². The van der Waals surface area contributed by atoms with E-state index in [0.29, 0.717) is 11.5 Å². The maximum atomic E-state index is 12.3. The number of esters is 1. The molecular formula is C17H13F2NO5S. The number of benzene rings is 1. The topological polar surface area (TPSA) is 70.8 Å². The van der Waals surface area contributed by atoms with E-state index >= 15 is 0 Å². The van der Waals surface area contributed by atoms with Crippen LogP contribution in [0, 0.1) is 0 Å². The lowest BCUT2D eigenvalue weighted by Crippen LogP contribution is -2.07. The van der Waals surface area contributed by atoms with E-state index in [1.807, 2.05) is 17.5 Å². The van der Waals surface area contributed by atoms with Gasteiger partial charge in [0.05, 0.1) is 17.6 Å². The van der Waals surface area contributed by atoms with Gasteiger partial charge in [-0.05, 0) is 29.6 Å². The van der Waals surface area contributed by atoms with Crippen LogP contribution in [0.5, 0.6) is 11.5 Å². The zero-order chi connectivity index (χ0) is 18.5. The van der Waals surface area contributed by atoms with Crippen molar-refractivity contribution in [3.8, 4) is 22.1 Å². The molecule has 0 spiro atoms. The van der Waals surface area contributed by atoms with Crippen molar-refractivity contribution in [2.45, 2.75) is 13.2 Å². The summed E-state index contributed by atoms with van der Waals surface area (Å²) < 4.78 is 44.3. The molecule has 0 aliphatic carbocycles. The van der Waals surface area contributed by atoms with Gasteiger partial charge in [0, 0.05) is 6.07 Å². The third-order valence-electron chi connectivity index (χ3n) is 3.29. The number of rotatable bonds is 7. The molecule has 0 aliphatic rings. The summed E-state index contributed by atoms with van der Waals surface area (Å²) in [4.78, 5) is 13.0. The smallest absolute Gasteiger partial charge is 0.387 e. The highest BCUT2D eigenvalue weighted by Crippen LogP contribution is 2.30. The molecule has 0 radical (unpaired) electrons. The molecule has 0 N–H and O–H groups in total. The number of thiophene rings is 1. The fraction of sp³-hybridized carbons (Fsp3) is 0.176. The zero-order valence-electron chi connectivity index (χ0n) is 13.5. The van der Waals surface area contributed by atoms with Crippen molar-refractivity contribution in [2.24, 2.45) is 0 Å². The van der Waals surface area contributed by atoms with Crippen molar-refractivity contribution < 1.29 is 32.3 Å². The molecule has 0 bridgehead atoms. The number of nitrogens with zero attached hydrogens (tertiary/aromatic N) is 1. The predicted octanol–water partition coefficient (Wildman–Crippen LogP) is 4.37. The molecule has 0 aliphatic heterocycles. The zero-order valence-corrected chi connectivity index (χ0v) is 14.3. The first kappa shape index (κ1) is 17.9. The summed E-state index contributed by atoms with van der Waals surface area (Å²) in [6, 6.07) is 9.24. The Morgan fingerprint density at radius 2 is 2.12 bits per heavy atom. The Morgan fingerprint density at radius 3 is 2.81 bits per heavy atom. The van der Waals surface area contributed by atoms with Crippen LogP contribution < -0.4 is 9.47 Å². The van der Waals surface area contributed by atoms with Crippen LogP contribution in [0.2, 0.25) is 0 Å². The number of methoxy groups -OCH3 is 1. The number of carbonyl (C=O) groups excluding carboxylic acids is 1. The summed E-state index contributed by atoms with van der Waals surface area (Å²) in [5.41, 5.74) is 0.580. The standard InChI is InChI=1S/C17H13F2NO5S/c1-22-13-7-10(4-5-12(13)24-17(18)19)16(21)23-9-11-8-14(25-20-11)15-3-2-6-26-15/h2-8,17H,9H2,1H3. The molecule has 0 unspecified atom stereocenters. The van der Waals surface area contributed by atoms with E-state index in [1.165, 1.54) is 36.6 Å². The van der Waals surface area contributed by atoms with Gasteiger partial charge in [0.1, 0.15) is 12.3 Å². The van der Waals surface area contributed by atoms with Crippen molar-refractivity contribution in [1.82, 2.24) is 5.16 Å². The molecule has 26 heavy (non-hydrogen) atoms. The van der Waals surface area contributed by atoms with Crippen LogP contribution in [0.1, 0.15) is 16.1 Å². The molecule has 136 valence electrons. The number of hydrogen-bond donors (Lipinski definition) is 0. The van der Waals surface area contributed by atoms with Gasteiger partial charge in [0.25, 0.3) is 0 Å². The van der Waals surface area contributed by atoms with E-state index in [2.05, 4.69) is 9.89 Å². The molecule has 3 aromatic rings. The maximum Gasteiger partial charge on any atom is 0.387 e. The number of hydrogen-bond acceptors (Lipinski definition) is 7. The maximum absolute atomic E-state index is 12.3. The summed E-state index contributed by atoms with van der Waals surface area (Å²) in [7, 11) is 1.28. The number of ether oxygens (including phenoxy) is 3. The van der Waals surface area contributed by atoms with Gasteiger partial charge >= 0.3 is 12.6 Å². The fourth-order valence-corrected chi connectivity index (χ4v) is 2.80. The van der Waals surface area contributed by atoms with Gasteiger partial charge in [-0.1, -0.05) is 11.2 Å². The second-order valence-corrected chi connectivity index (χ2v) is 5.93. The molecule has 0 fully saturated rings. The molecule has 6 nitrogen and oxygen atoms in total. The summed E-state index contributed by atoms with van der Waals surface area (Å²) in [5, 5.41) is 5.75. The Morgan fingerprint density at radius 1 is 1.27 bits per heavy atom. The third kappa shape index (κ3) is 4.17. The average Bonchev–Trinajstić information content (AvgIpc) is 3.30. The Kier molecular flexibility index (Phi) is 5.47. The van der Waals surface area contributed by atoms with Crippen LogP contribution in [0.4, 0.5) is 8.78 Å². The van der Waals surface area contributed by atoms with Crippen LogP contribution in [-0.4, -0.2) is 24.8 Å². The first-order valence-electron chi connectivity index (χ1n) is 7.36.